The minimum Gasteiger partial charge on any atom is -0.340 e. The lowest BCUT2D eigenvalue weighted by Crippen LogP contribution is -2.52. The molecule has 0 unspecified atom stereocenters. The van der Waals surface area contributed by atoms with Crippen molar-refractivity contribution in [3.05, 3.63) is 0 Å². The average molecular weight is 283 g/mol. The third kappa shape index (κ3) is 3.82. The van der Waals surface area contributed by atoms with Crippen molar-refractivity contribution in [2.24, 2.45) is 5.92 Å². The first-order chi connectivity index (χ1) is 7.88. The largest absolute Gasteiger partial charge is 0.340 e. The van der Waals surface area contributed by atoms with Crippen LogP contribution in [0.1, 0.15) is 13.8 Å². The zero-order chi connectivity index (χ0) is 13.1. The molecule has 100 valence electrons. The minimum absolute atomic E-state index is 0.0350. The van der Waals surface area contributed by atoms with Gasteiger partial charge in [-0.3, -0.25) is 4.79 Å². The molecular formula is C10H19ClN2O3S. The summed E-state index contributed by atoms with van der Waals surface area (Å²) >= 11 is 5.46. The van der Waals surface area contributed by atoms with Gasteiger partial charge in [-0.2, -0.15) is 4.31 Å². The highest BCUT2D eigenvalue weighted by Gasteiger charge is 2.28. The second kappa shape index (κ2) is 6.02. The van der Waals surface area contributed by atoms with Crippen molar-refractivity contribution in [1.82, 2.24) is 9.21 Å². The number of piperazine rings is 1. The van der Waals surface area contributed by atoms with Crippen molar-refractivity contribution in [3.8, 4) is 0 Å². The zero-order valence-corrected chi connectivity index (χ0v) is 11.8. The number of alkyl halides is 1. The van der Waals surface area contributed by atoms with E-state index in [4.69, 9.17) is 11.6 Å². The summed E-state index contributed by atoms with van der Waals surface area (Å²) in [5, 5.41) is 0. The van der Waals surface area contributed by atoms with Crippen LogP contribution in [-0.2, 0) is 14.8 Å². The van der Waals surface area contributed by atoms with E-state index in [0.29, 0.717) is 26.2 Å². The Morgan fingerprint density at radius 2 is 1.76 bits per heavy atom. The topological polar surface area (TPSA) is 57.7 Å². The molecule has 0 spiro atoms. The molecule has 0 saturated carbocycles. The normalized spacial score (nSPS) is 18.7. The smallest absolute Gasteiger partial charge is 0.225 e. The number of nitrogens with zero attached hydrogens (tertiary/aromatic N) is 2. The summed E-state index contributed by atoms with van der Waals surface area (Å²) in [5.41, 5.74) is 0. The van der Waals surface area contributed by atoms with Crippen LogP contribution in [0.15, 0.2) is 0 Å². The van der Waals surface area contributed by atoms with Crippen LogP contribution in [0.5, 0.6) is 0 Å². The maximum absolute atomic E-state index is 11.7. The molecule has 7 heteroatoms. The lowest BCUT2D eigenvalue weighted by Gasteiger charge is -2.34. The molecule has 1 heterocycles. The molecular weight excluding hydrogens is 264 g/mol. The van der Waals surface area contributed by atoms with E-state index in [2.05, 4.69) is 0 Å². The van der Waals surface area contributed by atoms with Gasteiger partial charge in [0.05, 0.1) is 5.75 Å². The summed E-state index contributed by atoms with van der Waals surface area (Å²) in [6.07, 6.45) is 0. The Bertz CT molecular complexity index is 362. The Balaban J connectivity index is 2.54. The highest BCUT2D eigenvalue weighted by atomic mass is 35.5. The van der Waals surface area contributed by atoms with Gasteiger partial charge in [-0.15, -0.1) is 11.6 Å². The van der Waals surface area contributed by atoms with E-state index >= 15 is 0 Å². The fourth-order valence-corrected chi connectivity index (χ4v) is 3.54. The molecule has 0 aromatic carbocycles. The van der Waals surface area contributed by atoms with Crippen molar-refractivity contribution in [2.45, 2.75) is 13.8 Å². The van der Waals surface area contributed by atoms with Gasteiger partial charge < -0.3 is 4.90 Å². The molecule has 1 saturated heterocycles. The van der Waals surface area contributed by atoms with Crippen molar-refractivity contribution >= 4 is 27.5 Å². The monoisotopic (exact) mass is 282 g/mol. The molecule has 0 aliphatic carbocycles. The standard InChI is InChI=1S/C10H19ClN2O3S/c1-9(2)10(14)12-4-6-13(7-5-12)17(15,16)8-3-11/h9H,3-8H2,1-2H3. The molecule has 1 amide bonds. The lowest BCUT2D eigenvalue weighted by molar-refractivity contribution is -0.135. The first-order valence-corrected chi connectivity index (χ1v) is 7.85. The van der Waals surface area contributed by atoms with E-state index in [-0.39, 0.29) is 23.5 Å². The summed E-state index contributed by atoms with van der Waals surface area (Å²) in [5.74, 6) is 0.112. The number of halogens is 1. The highest BCUT2D eigenvalue weighted by molar-refractivity contribution is 7.89. The van der Waals surface area contributed by atoms with E-state index < -0.39 is 10.0 Å². The SMILES string of the molecule is CC(C)C(=O)N1CCN(S(=O)(=O)CCCl)CC1. The van der Waals surface area contributed by atoms with Gasteiger partial charge >= 0.3 is 0 Å². The van der Waals surface area contributed by atoms with E-state index in [1.165, 1.54) is 4.31 Å². The summed E-state index contributed by atoms with van der Waals surface area (Å²) < 4.78 is 24.9. The van der Waals surface area contributed by atoms with Crippen LogP contribution in [-0.4, -0.2) is 61.3 Å². The Kier molecular flexibility index (Phi) is 5.22. The second-order valence-electron chi connectivity index (χ2n) is 4.38. The highest BCUT2D eigenvalue weighted by Crippen LogP contribution is 2.11. The number of amides is 1. The maximum Gasteiger partial charge on any atom is 0.225 e. The first kappa shape index (κ1) is 14.7. The number of hydrogen-bond acceptors (Lipinski definition) is 3. The predicted molar refractivity (Wildman–Crippen MR) is 67.5 cm³/mol. The number of hydrogen-bond donors (Lipinski definition) is 0. The van der Waals surface area contributed by atoms with Gasteiger partial charge in [0.2, 0.25) is 15.9 Å². The van der Waals surface area contributed by atoms with E-state index in [1.807, 2.05) is 13.8 Å². The quantitative estimate of drug-likeness (QED) is 0.700. The van der Waals surface area contributed by atoms with E-state index in [9.17, 15) is 13.2 Å². The van der Waals surface area contributed by atoms with Gasteiger partial charge in [-0.1, -0.05) is 13.8 Å². The molecule has 1 aliphatic heterocycles. The molecule has 0 aromatic rings. The summed E-state index contributed by atoms with van der Waals surface area (Å²) in [6, 6.07) is 0. The van der Waals surface area contributed by atoms with Crippen LogP contribution < -0.4 is 0 Å². The second-order valence-corrected chi connectivity index (χ2v) is 6.85. The Morgan fingerprint density at radius 3 is 2.18 bits per heavy atom. The third-order valence-electron chi connectivity index (χ3n) is 2.77. The summed E-state index contributed by atoms with van der Waals surface area (Å²) in [4.78, 5) is 13.4. The lowest BCUT2D eigenvalue weighted by atomic mass is 10.2. The summed E-state index contributed by atoms with van der Waals surface area (Å²) in [6.45, 7) is 5.38. The van der Waals surface area contributed by atoms with Gasteiger partial charge in [-0.25, -0.2) is 8.42 Å². The van der Waals surface area contributed by atoms with Gasteiger partial charge in [0.1, 0.15) is 0 Å². The predicted octanol–water partition coefficient (Wildman–Crippen LogP) is 0.355. The van der Waals surface area contributed by atoms with Gasteiger partial charge in [0, 0.05) is 38.0 Å². The van der Waals surface area contributed by atoms with Crippen molar-refractivity contribution < 1.29 is 13.2 Å². The van der Waals surface area contributed by atoms with Crippen molar-refractivity contribution in [2.75, 3.05) is 37.8 Å². The molecule has 0 N–H and O–H groups in total. The number of rotatable bonds is 4. The Labute approximate surface area is 108 Å². The van der Waals surface area contributed by atoms with Gasteiger partial charge in [0.15, 0.2) is 0 Å². The fraction of sp³-hybridized carbons (Fsp3) is 0.900. The molecule has 5 nitrogen and oxygen atoms in total. The van der Waals surface area contributed by atoms with Crippen LogP contribution >= 0.6 is 11.6 Å². The maximum atomic E-state index is 11.7. The molecule has 1 fully saturated rings. The van der Waals surface area contributed by atoms with Crippen molar-refractivity contribution in [3.63, 3.8) is 0 Å². The van der Waals surface area contributed by atoms with Crippen LogP contribution in [0.3, 0.4) is 0 Å². The van der Waals surface area contributed by atoms with E-state index in [0.717, 1.165) is 0 Å². The van der Waals surface area contributed by atoms with Gasteiger partial charge in [-0.05, 0) is 0 Å². The number of carbonyl (C=O) groups is 1. The van der Waals surface area contributed by atoms with E-state index in [1.54, 1.807) is 4.90 Å². The fourth-order valence-electron chi connectivity index (χ4n) is 1.78. The van der Waals surface area contributed by atoms with Gasteiger partial charge in [0.25, 0.3) is 0 Å². The Morgan fingerprint density at radius 1 is 1.24 bits per heavy atom. The molecule has 0 bridgehead atoms. The molecule has 17 heavy (non-hydrogen) atoms. The average Bonchev–Trinajstić information content (AvgIpc) is 2.28. The van der Waals surface area contributed by atoms with Crippen LogP contribution in [0.4, 0.5) is 0 Å². The zero-order valence-electron chi connectivity index (χ0n) is 10.2. The molecule has 0 radical (unpaired) electrons. The molecule has 0 aromatic heterocycles. The molecule has 1 rings (SSSR count). The van der Waals surface area contributed by atoms with Crippen LogP contribution in [0.25, 0.3) is 0 Å². The van der Waals surface area contributed by atoms with Crippen LogP contribution in [0, 0.1) is 5.92 Å². The summed E-state index contributed by atoms with van der Waals surface area (Å²) in [7, 11) is -3.24. The number of sulfonamides is 1. The molecule has 1 aliphatic rings. The van der Waals surface area contributed by atoms with Crippen molar-refractivity contribution in [1.29, 1.82) is 0 Å². The first-order valence-electron chi connectivity index (χ1n) is 5.71. The van der Waals surface area contributed by atoms with Crippen LogP contribution in [0.2, 0.25) is 0 Å². The third-order valence-corrected chi connectivity index (χ3v) is 5.06. The Hall–Kier alpha value is -0.330. The minimum atomic E-state index is -3.24. The number of carbonyl (C=O) groups excluding carboxylic acids is 1. The molecule has 0 atom stereocenters.